The first-order chi connectivity index (χ1) is 13.2. The maximum Gasteiger partial charge on any atom is 0.256 e. The van der Waals surface area contributed by atoms with Gasteiger partial charge in [-0.05, 0) is 42.8 Å². The number of nitrogens with one attached hydrogen (secondary N) is 3. The van der Waals surface area contributed by atoms with Crippen LogP contribution in [0.3, 0.4) is 0 Å². The molecule has 3 rings (SSSR count). The molecular weight excluding hydrogens is 378 g/mol. The summed E-state index contributed by atoms with van der Waals surface area (Å²) >= 11 is 6.74. The number of hydrogen-bond acceptors (Lipinski definition) is 4. The van der Waals surface area contributed by atoms with E-state index in [1.807, 2.05) is 60.7 Å². The molecule has 1 aliphatic rings. The molecule has 0 radical (unpaired) electrons. The van der Waals surface area contributed by atoms with Gasteiger partial charge in [0.25, 0.3) is 5.91 Å². The zero-order valence-corrected chi connectivity index (χ0v) is 16.5. The van der Waals surface area contributed by atoms with Crippen LogP contribution in [0.4, 0.5) is 0 Å². The van der Waals surface area contributed by atoms with Crippen LogP contribution >= 0.6 is 24.0 Å². The molecule has 7 heteroatoms. The van der Waals surface area contributed by atoms with Crippen LogP contribution in [0.15, 0.2) is 65.6 Å². The van der Waals surface area contributed by atoms with Crippen molar-refractivity contribution < 1.29 is 9.53 Å². The molecule has 0 bridgehead atoms. The van der Waals surface area contributed by atoms with Crippen molar-refractivity contribution >= 4 is 35.0 Å². The number of thioether (sulfide) groups is 1. The molecule has 1 amide bonds. The predicted octanol–water partition coefficient (Wildman–Crippen LogP) is 3.19. The number of thiocarbonyl (C=S) groups is 1. The van der Waals surface area contributed by atoms with Gasteiger partial charge in [0.05, 0.1) is 6.10 Å². The summed E-state index contributed by atoms with van der Waals surface area (Å²) in [5, 5.41) is 3.08. The Kier molecular flexibility index (Phi) is 7.50. The first-order valence-electron chi connectivity index (χ1n) is 8.94. The van der Waals surface area contributed by atoms with Crippen molar-refractivity contribution in [2.45, 2.75) is 29.1 Å². The molecule has 1 heterocycles. The Balaban J connectivity index is 1.56. The average molecular weight is 402 g/mol. The van der Waals surface area contributed by atoms with Crippen LogP contribution < -0.4 is 16.2 Å². The molecule has 2 aromatic carbocycles. The molecule has 1 saturated heterocycles. The molecule has 5 nitrogen and oxygen atoms in total. The molecule has 0 aliphatic carbocycles. The van der Waals surface area contributed by atoms with Gasteiger partial charge in [0.15, 0.2) is 5.11 Å². The molecule has 0 aromatic heterocycles. The summed E-state index contributed by atoms with van der Waals surface area (Å²) in [4.78, 5) is 13.8. The van der Waals surface area contributed by atoms with E-state index in [2.05, 4.69) is 16.2 Å². The Bertz CT molecular complexity index is 737. The highest BCUT2D eigenvalue weighted by atomic mass is 32.2. The van der Waals surface area contributed by atoms with Gasteiger partial charge in [0, 0.05) is 18.0 Å². The van der Waals surface area contributed by atoms with Gasteiger partial charge in [-0.2, -0.15) is 0 Å². The smallest absolute Gasteiger partial charge is 0.256 e. The van der Waals surface area contributed by atoms with Crippen LogP contribution in [0.2, 0.25) is 0 Å². The van der Waals surface area contributed by atoms with Gasteiger partial charge in [0.1, 0.15) is 5.25 Å². The second-order valence-electron chi connectivity index (χ2n) is 6.18. The first-order valence-corrected chi connectivity index (χ1v) is 10.2. The van der Waals surface area contributed by atoms with E-state index >= 15 is 0 Å². The lowest BCUT2D eigenvalue weighted by Crippen LogP contribution is -2.49. The Morgan fingerprint density at radius 2 is 1.81 bits per heavy atom. The molecule has 0 saturated carbocycles. The monoisotopic (exact) mass is 401 g/mol. The highest BCUT2D eigenvalue weighted by molar-refractivity contribution is 8.00. The fraction of sp³-hybridized carbons (Fsp3) is 0.300. The van der Waals surface area contributed by atoms with Crippen LogP contribution in [0, 0.1) is 0 Å². The van der Waals surface area contributed by atoms with Gasteiger partial charge in [0.2, 0.25) is 0 Å². The number of hydrogen-bond donors (Lipinski definition) is 3. The van der Waals surface area contributed by atoms with Crippen LogP contribution in [-0.4, -0.2) is 30.3 Å². The van der Waals surface area contributed by atoms with Crippen molar-refractivity contribution in [3.05, 3.63) is 66.2 Å². The molecule has 142 valence electrons. The molecule has 3 N–H and O–H groups in total. The molecule has 2 aromatic rings. The Hall–Kier alpha value is -2.09. The first kappa shape index (κ1) is 19.7. The number of amides is 1. The summed E-state index contributed by atoms with van der Waals surface area (Å²) in [5.74, 6) is -0.156. The normalized spacial score (nSPS) is 17.1. The summed E-state index contributed by atoms with van der Waals surface area (Å²) in [6.45, 7) is 1.45. The molecular formula is C20H23N3O2S2. The van der Waals surface area contributed by atoms with E-state index in [4.69, 9.17) is 17.0 Å². The SMILES string of the molecule is O=C(NNC(=S)NC[C@H]1CCCO1)[C@H](Sc1ccccc1)c1ccccc1. The second-order valence-corrected chi connectivity index (χ2v) is 7.77. The van der Waals surface area contributed by atoms with Crippen molar-refractivity contribution in [3.8, 4) is 0 Å². The van der Waals surface area contributed by atoms with E-state index in [1.165, 1.54) is 11.8 Å². The zero-order valence-electron chi connectivity index (χ0n) is 14.9. The van der Waals surface area contributed by atoms with Gasteiger partial charge in [-0.25, -0.2) is 0 Å². The topological polar surface area (TPSA) is 62.4 Å². The summed E-state index contributed by atoms with van der Waals surface area (Å²) in [5.41, 5.74) is 6.45. The second kappa shape index (κ2) is 10.3. The van der Waals surface area contributed by atoms with Crippen molar-refractivity contribution in [1.82, 2.24) is 16.2 Å². The van der Waals surface area contributed by atoms with E-state index < -0.39 is 0 Å². The summed E-state index contributed by atoms with van der Waals surface area (Å²) in [6, 6.07) is 19.6. The van der Waals surface area contributed by atoms with Gasteiger partial charge in [-0.1, -0.05) is 48.5 Å². The lowest BCUT2D eigenvalue weighted by atomic mass is 10.1. The van der Waals surface area contributed by atoms with Crippen molar-refractivity contribution in [2.24, 2.45) is 0 Å². The third kappa shape index (κ3) is 6.23. The van der Waals surface area contributed by atoms with Gasteiger partial charge >= 0.3 is 0 Å². The molecule has 27 heavy (non-hydrogen) atoms. The maximum absolute atomic E-state index is 12.8. The van der Waals surface area contributed by atoms with E-state index in [-0.39, 0.29) is 17.3 Å². The van der Waals surface area contributed by atoms with Crippen LogP contribution in [0.1, 0.15) is 23.7 Å². The van der Waals surface area contributed by atoms with Gasteiger partial charge in [-0.15, -0.1) is 11.8 Å². The van der Waals surface area contributed by atoms with Crippen molar-refractivity contribution in [2.75, 3.05) is 13.2 Å². The Morgan fingerprint density at radius 1 is 1.11 bits per heavy atom. The minimum absolute atomic E-state index is 0.156. The standard InChI is InChI=1S/C20H23N3O2S2/c24-19(22-23-20(26)21-14-16-10-7-13-25-16)18(15-8-3-1-4-9-15)27-17-11-5-2-6-12-17/h1-6,8-9,11-12,16,18H,7,10,13-14H2,(H,22,24)(H2,21,23,26)/t16-,18-/m1/s1. The number of ether oxygens (including phenoxy) is 1. The van der Waals surface area contributed by atoms with Crippen LogP contribution in [-0.2, 0) is 9.53 Å². The third-order valence-corrected chi connectivity index (χ3v) is 5.66. The highest BCUT2D eigenvalue weighted by Gasteiger charge is 2.22. The Morgan fingerprint density at radius 3 is 2.48 bits per heavy atom. The van der Waals surface area contributed by atoms with E-state index in [0.717, 1.165) is 29.9 Å². The van der Waals surface area contributed by atoms with Crippen LogP contribution in [0.25, 0.3) is 0 Å². The largest absolute Gasteiger partial charge is 0.376 e. The maximum atomic E-state index is 12.8. The molecule has 0 unspecified atom stereocenters. The Labute approximate surface area is 169 Å². The van der Waals surface area contributed by atoms with Gasteiger partial charge < -0.3 is 10.1 Å². The molecule has 1 aliphatic heterocycles. The summed E-state index contributed by atoms with van der Waals surface area (Å²) in [6.07, 6.45) is 2.30. The van der Waals surface area contributed by atoms with E-state index in [1.54, 1.807) is 0 Å². The third-order valence-electron chi connectivity index (χ3n) is 4.15. The quantitative estimate of drug-likeness (QED) is 0.393. The van der Waals surface area contributed by atoms with Crippen LogP contribution in [0.5, 0.6) is 0 Å². The summed E-state index contributed by atoms with van der Waals surface area (Å²) < 4.78 is 5.55. The average Bonchev–Trinajstić information content (AvgIpc) is 3.24. The molecule has 2 atom stereocenters. The predicted molar refractivity (Wildman–Crippen MR) is 112 cm³/mol. The number of rotatable bonds is 6. The fourth-order valence-electron chi connectivity index (χ4n) is 2.78. The van der Waals surface area contributed by atoms with Gasteiger partial charge in [-0.3, -0.25) is 15.6 Å². The number of carbonyl (C=O) groups is 1. The number of hydrazine groups is 1. The minimum atomic E-state index is -0.387. The summed E-state index contributed by atoms with van der Waals surface area (Å²) in [7, 11) is 0. The highest BCUT2D eigenvalue weighted by Crippen LogP contribution is 2.35. The number of benzene rings is 2. The van der Waals surface area contributed by atoms with E-state index in [0.29, 0.717) is 11.7 Å². The lowest BCUT2D eigenvalue weighted by molar-refractivity contribution is -0.121. The van der Waals surface area contributed by atoms with E-state index in [9.17, 15) is 4.79 Å². The zero-order chi connectivity index (χ0) is 18.9. The minimum Gasteiger partial charge on any atom is -0.376 e. The molecule has 0 spiro atoms. The van der Waals surface area contributed by atoms with Crippen molar-refractivity contribution in [1.29, 1.82) is 0 Å². The fourth-order valence-corrected chi connectivity index (χ4v) is 3.96. The molecule has 1 fully saturated rings. The lowest BCUT2D eigenvalue weighted by Gasteiger charge is -2.19. The number of carbonyl (C=O) groups excluding carboxylic acids is 1. The van der Waals surface area contributed by atoms with Crippen molar-refractivity contribution in [3.63, 3.8) is 0 Å².